The molecule has 2 aromatic carbocycles. The maximum atomic E-state index is 13.2. The van der Waals surface area contributed by atoms with Gasteiger partial charge in [-0.2, -0.15) is 0 Å². The second-order valence-electron chi connectivity index (χ2n) is 5.64. The molecule has 4 rings (SSSR count). The molecule has 0 fully saturated rings. The van der Waals surface area contributed by atoms with Crippen LogP contribution in [0, 0.1) is 5.82 Å². The number of thiazole rings is 1. The molecule has 0 amide bonds. The lowest BCUT2D eigenvalue weighted by Crippen LogP contribution is -1.97. The average Bonchev–Trinajstić information content (AvgIpc) is 3.22. The number of benzene rings is 2. The lowest BCUT2D eigenvalue weighted by atomic mass is 10.1. The zero-order chi connectivity index (χ0) is 18.1. The highest BCUT2D eigenvalue weighted by Gasteiger charge is 2.20. The molecule has 0 atom stereocenters. The van der Waals surface area contributed by atoms with Crippen molar-refractivity contribution in [3.05, 3.63) is 65.4 Å². The first-order valence-electron chi connectivity index (χ1n) is 8.16. The van der Waals surface area contributed by atoms with E-state index in [2.05, 4.69) is 4.98 Å². The van der Waals surface area contributed by atoms with Crippen LogP contribution < -0.4 is 4.74 Å². The molecule has 0 N–H and O–H groups in total. The van der Waals surface area contributed by atoms with E-state index in [-0.39, 0.29) is 5.82 Å². The quantitative estimate of drug-likeness (QED) is 0.463. The standard InChI is InChI=1S/C20H15FN2O2S/c1-2-25-18-6-4-3-5-15(18)19-16(11-24)23-17(12-26-20(23)22-19)13-7-9-14(21)10-8-13/h3-12H,2H2,1H3. The van der Waals surface area contributed by atoms with E-state index in [1.807, 2.05) is 41.0 Å². The van der Waals surface area contributed by atoms with Crippen LogP contribution in [0.3, 0.4) is 0 Å². The van der Waals surface area contributed by atoms with Crippen molar-refractivity contribution in [1.82, 2.24) is 9.38 Å². The van der Waals surface area contributed by atoms with Crippen LogP contribution in [-0.2, 0) is 0 Å². The fourth-order valence-corrected chi connectivity index (χ4v) is 3.86. The fraction of sp³-hybridized carbons (Fsp3) is 0.100. The molecule has 130 valence electrons. The first-order valence-corrected chi connectivity index (χ1v) is 9.04. The van der Waals surface area contributed by atoms with Gasteiger partial charge >= 0.3 is 0 Å². The second-order valence-corrected chi connectivity index (χ2v) is 6.48. The molecule has 0 unspecified atom stereocenters. The summed E-state index contributed by atoms with van der Waals surface area (Å²) < 4.78 is 20.7. The van der Waals surface area contributed by atoms with Gasteiger partial charge in [-0.25, -0.2) is 9.37 Å². The molecule has 0 aliphatic rings. The number of para-hydroxylation sites is 1. The number of halogens is 1. The molecule has 6 heteroatoms. The van der Waals surface area contributed by atoms with Gasteiger partial charge in [0.25, 0.3) is 0 Å². The molecule has 0 radical (unpaired) electrons. The minimum absolute atomic E-state index is 0.298. The third-order valence-electron chi connectivity index (χ3n) is 4.09. The van der Waals surface area contributed by atoms with Crippen molar-refractivity contribution < 1.29 is 13.9 Å². The normalized spacial score (nSPS) is 11.0. The minimum Gasteiger partial charge on any atom is -0.493 e. The van der Waals surface area contributed by atoms with Crippen LogP contribution in [0.15, 0.2) is 53.9 Å². The second kappa shape index (κ2) is 6.72. The number of aldehydes is 1. The molecular formula is C20H15FN2O2S. The third kappa shape index (κ3) is 2.68. The number of aromatic nitrogens is 2. The summed E-state index contributed by atoms with van der Waals surface area (Å²) in [4.78, 5) is 17.3. The number of fused-ring (bicyclic) bond motifs is 1. The highest BCUT2D eigenvalue weighted by molar-refractivity contribution is 7.15. The van der Waals surface area contributed by atoms with Gasteiger partial charge in [0.2, 0.25) is 0 Å². The Labute approximate surface area is 153 Å². The minimum atomic E-state index is -0.298. The largest absolute Gasteiger partial charge is 0.493 e. The molecule has 2 aromatic heterocycles. The van der Waals surface area contributed by atoms with E-state index in [1.165, 1.54) is 23.5 Å². The Kier molecular flexibility index (Phi) is 4.26. The zero-order valence-corrected chi connectivity index (χ0v) is 14.8. The summed E-state index contributed by atoms with van der Waals surface area (Å²) in [7, 11) is 0. The van der Waals surface area contributed by atoms with Gasteiger partial charge in [0.15, 0.2) is 11.2 Å². The Hall–Kier alpha value is -2.99. The van der Waals surface area contributed by atoms with E-state index in [9.17, 15) is 9.18 Å². The average molecular weight is 366 g/mol. The van der Waals surface area contributed by atoms with Crippen molar-refractivity contribution in [3.8, 4) is 28.3 Å². The van der Waals surface area contributed by atoms with Crippen LogP contribution in [-0.4, -0.2) is 22.3 Å². The number of hydrogen-bond acceptors (Lipinski definition) is 4. The molecule has 0 bridgehead atoms. The van der Waals surface area contributed by atoms with Crippen LogP contribution >= 0.6 is 11.3 Å². The van der Waals surface area contributed by atoms with Crippen LogP contribution in [0.1, 0.15) is 17.4 Å². The van der Waals surface area contributed by atoms with Crippen LogP contribution in [0.2, 0.25) is 0 Å². The van der Waals surface area contributed by atoms with Crippen LogP contribution in [0.25, 0.3) is 27.5 Å². The van der Waals surface area contributed by atoms with Crippen molar-refractivity contribution in [3.63, 3.8) is 0 Å². The summed E-state index contributed by atoms with van der Waals surface area (Å²) in [6, 6.07) is 13.7. The van der Waals surface area contributed by atoms with Crippen molar-refractivity contribution in [2.75, 3.05) is 6.61 Å². The van der Waals surface area contributed by atoms with Crippen molar-refractivity contribution >= 4 is 22.6 Å². The highest BCUT2D eigenvalue weighted by atomic mass is 32.1. The van der Waals surface area contributed by atoms with Gasteiger partial charge in [0, 0.05) is 10.9 Å². The lowest BCUT2D eigenvalue weighted by Gasteiger charge is -2.08. The van der Waals surface area contributed by atoms with Gasteiger partial charge in [-0.1, -0.05) is 12.1 Å². The SMILES string of the molecule is CCOc1ccccc1-c1nc2scc(-c3ccc(F)cc3)n2c1C=O. The topological polar surface area (TPSA) is 43.6 Å². The molecule has 0 aliphatic carbocycles. The maximum Gasteiger partial charge on any atom is 0.195 e. The van der Waals surface area contributed by atoms with Crippen molar-refractivity contribution in [2.24, 2.45) is 0 Å². The van der Waals surface area contributed by atoms with Crippen LogP contribution in [0.5, 0.6) is 5.75 Å². The molecule has 0 saturated carbocycles. The van der Waals surface area contributed by atoms with E-state index in [4.69, 9.17) is 4.74 Å². The number of nitrogens with zero attached hydrogens (tertiary/aromatic N) is 2. The first-order chi connectivity index (χ1) is 12.7. The number of imidazole rings is 1. The number of rotatable bonds is 5. The molecule has 4 aromatic rings. The predicted molar refractivity (Wildman–Crippen MR) is 100 cm³/mol. The summed E-state index contributed by atoms with van der Waals surface area (Å²) in [6.07, 6.45) is 0.803. The molecule has 4 nitrogen and oxygen atoms in total. The van der Waals surface area contributed by atoms with Crippen molar-refractivity contribution in [2.45, 2.75) is 6.92 Å². The summed E-state index contributed by atoms with van der Waals surface area (Å²) >= 11 is 1.44. The Morgan fingerprint density at radius 1 is 1.19 bits per heavy atom. The summed E-state index contributed by atoms with van der Waals surface area (Å²) in [6.45, 7) is 2.44. The Bertz CT molecular complexity index is 1080. The Morgan fingerprint density at radius 3 is 2.69 bits per heavy atom. The Balaban J connectivity index is 1.94. The van der Waals surface area contributed by atoms with Gasteiger partial charge in [-0.05, 0) is 48.9 Å². The van der Waals surface area contributed by atoms with Crippen LogP contribution in [0.4, 0.5) is 4.39 Å². The summed E-state index contributed by atoms with van der Waals surface area (Å²) in [5.74, 6) is 0.389. The van der Waals surface area contributed by atoms with E-state index in [0.717, 1.165) is 23.1 Å². The molecule has 0 aliphatic heterocycles. The molecule has 2 heterocycles. The zero-order valence-electron chi connectivity index (χ0n) is 14.0. The van der Waals surface area contributed by atoms with E-state index in [0.29, 0.717) is 28.7 Å². The van der Waals surface area contributed by atoms with Gasteiger partial charge in [-0.15, -0.1) is 11.3 Å². The fourth-order valence-electron chi connectivity index (χ4n) is 2.95. The molecule has 0 saturated heterocycles. The number of carbonyl (C=O) groups is 1. The van der Waals surface area contributed by atoms with Gasteiger partial charge in [0.1, 0.15) is 23.0 Å². The van der Waals surface area contributed by atoms with Crippen molar-refractivity contribution in [1.29, 1.82) is 0 Å². The lowest BCUT2D eigenvalue weighted by molar-refractivity contribution is 0.111. The third-order valence-corrected chi connectivity index (χ3v) is 4.92. The van der Waals surface area contributed by atoms with E-state index >= 15 is 0 Å². The monoisotopic (exact) mass is 366 g/mol. The van der Waals surface area contributed by atoms with Gasteiger partial charge < -0.3 is 4.74 Å². The number of ether oxygens (including phenoxy) is 1. The van der Waals surface area contributed by atoms with Gasteiger partial charge in [0.05, 0.1) is 12.3 Å². The molecular weight excluding hydrogens is 351 g/mol. The van der Waals surface area contributed by atoms with E-state index in [1.54, 1.807) is 12.1 Å². The number of hydrogen-bond donors (Lipinski definition) is 0. The molecule has 0 spiro atoms. The van der Waals surface area contributed by atoms with Gasteiger partial charge in [-0.3, -0.25) is 9.20 Å². The predicted octanol–water partition coefficient (Wildman–Crippen LogP) is 5.08. The smallest absolute Gasteiger partial charge is 0.195 e. The Morgan fingerprint density at radius 2 is 1.96 bits per heavy atom. The maximum absolute atomic E-state index is 13.2. The summed E-state index contributed by atoms with van der Waals surface area (Å²) in [5, 5.41) is 1.92. The van der Waals surface area contributed by atoms with E-state index < -0.39 is 0 Å². The number of carbonyl (C=O) groups excluding carboxylic acids is 1. The highest BCUT2D eigenvalue weighted by Crippen LogP contribution is 2.36. The molecule has 26 heavy (non-hydrogen) atoms. The summed E-state index contributed by atoms with van der Waals surface area (Å²) in [5.41, 5.74) is 3.44. The first kappa shape index (κ1) is 16.5.